The zero-order valence-electron chi connectivity index (χ0n) is 17.2. The molecule has 156 valence electrons. The van der Waals surface area contributed by atoms with E-state index in [0.29, 0.717) is 23.0 Å². The molecule has 29 heavy (non-hydrogen) atoms. The third-order valence-electron chi connectivity index (χ3n) is 5.22. The van der Waals surface area contributed by atoms with Gasteiger partial charge in [0.05, 0.1) is 31.4 Å². The Hall–Kier alpha value is -2.28. The van der Waals surface area contributed by atoms with Crippen LogP contribution in [0.4, 0.5) is 11.4 Å². The Morgan fingerprint density at radius 3 is 2.69 bits per heavy atom. The van der Waals surface area contributed by atoms with Gasteiger partial charge in [-0.1, -0.05) is 29.8 Å². The number of hydrogen-bond acceptors (Lipinski definition) is 5. The monoisotopic (exact) mass is 417 g/mol. The van der Waals surface area contributed by atoms with Gasteiger partial charge in [0, 0.05) is 31.0 Å². The molecule has 7 heteroatoms. The SMILES string of the molecule is COc1ccc(NC(=O)[C@H](C)N(C)Cc2ccccc2N2CCOCC2)cc1Cl. The normalized spacial score (nSPS) is 15.3. The summed E-state index contributed by atoms with van der Waals surface area (Å²) in [5, 5.41) is 3.39. The Kier molecular flexibility index (Phi) is 7.36. The molecule has 6 nitrogen and oxygen atoms in total. The molecule has 0 saturated carbocycles. The van der Waals surface area contributed by atoms with Gasteiger partial charge in [0.1, 0.15) is 5.75 Å². The van der Waals surface area contributed by atoms with Gasteiger partial charge in [0.15, 0.2) is 0 Å². The highest BCUT2D eigenvalue weighted by Crippen LogP contribution is 2.27. The molecule has 1 heterocycles. The molecular formula is C22H28ClN3O3. The van der Waals surface area contributed by atoms with E-state index in [1.807, 2.05) is 24.9 Å². The topological polar surface area (TPSA) is 54.0 Å². The summed E-state index contributed by atoms with van der Waals surface area (Å²) < 4.78 is 10.6. The molecule has 1 amide bonds. The number of halogens is 1. The fraction of sp³-hybridized carbons (Fsp3) is 0.409. The van der Waals surface area contributed by atoms with Gasteiger partial charge in [-0.25, -0.2) is 0 Å². The van der Waals surface area contributed by atoms with E-state index >= 15 is 0 Å². The maximum atomic E-state index is 12.7. The Morgan fingerprint density at radius 2 is 2.00 bits per heavy atom. The molecule has 0 bridgehead atoms. The number of nitrogens with zero attached hydrogens (tertiary/aromatic N) is 2. The molecule has 1 N–H and O–H groups in total. The van der Waals surface area contributed by atoms with Gasteiger partial charge in [-0.2, -0.15) is 0 Å². The summed E-state index contributed by atoms with van der Waals surface area (Å²) in [4.78, 5) is 17.1. The molecule has 1 fully saturated rings. The van der Waals surface area contributed by atoms with E-state index in [-0.39, 0.29) is 11.9 Å². The first-order valence-electron chi connectivity index (χ1n) is 9.75. The third-order valence-corrected chi connectivity index (χ3v) is 5.52. The predicted octanol–water partition coefficient (Wildman–Crippen LogP) is 3.64. The van der Waals surface area contributed by atoms with Crippen molar-refractivity contribution >= 4 is 28.9 Å². The molecular weight excluding hydrogens is 390 g/mol. The van der Waals surface area contributed by atoms with E-state index in [4.69, 9.17) is 21.1 Å². The van der Waals surface area contributed by atoms with E-state index in [1.165, 1.54) is 11.3 Å². The largest absolute Gasteiger partial charge is 0.495 e. The van der Waals surface area contributed by atoms with E-state index in [0.717, 1.165) is 26.3 Å². The number of benzene rings is 2. The predicted molar refractivity (Wildman–Crippen MR) is 117 cm³/mol. The Bertz CT molecular complexity index is 840. The molecule has 3 rings (SSSR count). The average Bonchev–Trinajstić information content (AvgIpc) is 2.74. The third kappa shape index (κ3) is 5.41. The number of likely N-dealkylation sites (N-methyl/N-ethyl adjacent to an activating group) is 1. The first kappa shape index (κ1) is 21.4. The lowest BCUT2D eigenvalue weighted by Gasteiger charge is -2.32. The van der Waals surface area contributed by atoms with Crippen LogP contribution in [0.2, 0.25) is 5.02 Å². The van der Waals surface area contributed by atoms with Gasteiger partial charge in [-0.05, 0) is 43.8 Å². The highest BCUT2D eigenvalue weighted by molar-refractivity contribution is 6.32. The summed E-state index contributed by atoms with van der Waals surface area (Å²) in [5.74, 6) is 0.493. The zero-order valence-corrected chi connectivity index (χ0v) is 17.9. The standard InChI is InChI=1S/C22H28ClN3O3/c1-16(22(27)24-18-8-9-21(28-3)19(23)14-18)25(2)15-17-6-4-5-7-20(17)26-10-12-29-13-11-26/h4-9,14,16H,10-13,15H2,1-3H3,(H,24,27)/t16-/m0/s1. The average molecular weight is 418 g/mol. The lowest BCUT2D eigenvalue weighted by molar-refractivity contribution is -0.120. The number of amides is 1. The van der Waals surface area contributed by atoms with Crippen LogP contribution < -0.4 is 15.0 Å². The molecule has 0 aromatic heterocycles. The van der Waals surface area contributed by atoms with E-state index in [2.05, 4.69) is 28.4 Å². The summed E-state index contributed by atoms with van der Waals surface area (Å²) in [6.07, 6.45) is 0. The van der Waals surface area contributed by atoms with Crippen LogP contribution in [0.5, 0.6) is 5.75 Å². The summed E-state index contributed by atoms with van der Waals surface area (Å²) >= 11 is 6.15. The summed E-state index contributed by atoms with van der Waals surface area (Å²) in [6.45, 7) is 5.83. The quantitative estimate of drug-likeness (QED) is 0.745. The smallest absolute Gasteiger partial charge is 0.241 e. The lowest BCUT2D eigenvalue weighted by Crippen LogP contribution is -2.40. The number of ether oxygens (including phenoxy) is 2. The Labute approximate surface area is 177 Å². The van der Waals surface area contributed by atoms with Crippen LogP contribution in [-0.4, -0.2) is 57.3 Å². The number of carbonyl (C=O) groups is 1. The van der Waals surface area contributed by atoms with Crippen LogP contribution in [0.15, 0.2) is 42.5 Å². The van der Waals surface area contributed by atoms with Crippen molar-refractivity contribution in [1.82, 2.24) is 4.90 Å². The molecule has 1 saturated heterocycles. The van der Waals surface area contributed by atoms with Crippen molar-refractivity contribution in [2.45, 2.75) is 19.5 Å². The first-order chi connectivity index (χ1) is 14.0. The zero-order chi connectivity index (χ0) is 20.8. The minimum absolute atomic E-state index is 0.0856. The summed E-state index contributed by atoms with van der Waals surface area (Å²) in [6, 6.07) is 13.3. The Balaban J connectivity index is 1.65. The van der Waals surface area contributed by atoms with Crippen LogP contribution in [0.25, 0.3) is 0 Å². The fourth-order valence-electron chi connectivity index (χ4n) is 3.35. The number of methoxy groups -OCH3 is 1. The van der Waals surface area contributed by atoms with Gasteiger partial charge < -0.3 is 19.7 Å². The second kappa shape index (κ2) is 9.96. The maximum Gasteiger partial charge on any atom is 0.241 e. The minimum atomic E-state index is -0.311. The lowest BCUT2D eigenvalue weighted by atomic mass is 10.1. The van der Waals surface area contributed by atoms with Gasteiger partial charge >= 0.3 is 0 Å². The second-order valence-electron chi connectivity index (χ2n) is 7.16. The van der Waals surface area contributed by atoms with Crippen LogP contribution >= 0.6 is 11.6 Å². The molecule has 1 aliphatic heterocycles. The van der Waals surface area contributed by atoms with E-state index in [1.54, 1.807) is 25.3 Å². The maximum absolute atomic E-state index is 12.7. The van der Waals surface area contributed by atoms with Crippen molar-refractivity contribution in [2.75, 3.05) is 50.7 Å². The highest BCUT2D eigenvalue weighted by Gasteiger charge is 2.21. The van der Waals surface area contributed by atoms with Gasteiger partial charge in [0.25, 0.3) is 0 Å². The number of morpholine rings is 1. The molecule has 2 aromatic carbocycles. The number of rotatable bonds is 7. The van der Waals surface area contributed by atoms with Crippen molar-refractivity contribution in [3.8, 4) is 5.75 Å². The molecule has 0 aliphatic carbocycles. The van der Waals surface area contributed by atoms with Crippen molar-refractivity contribution in [3.63, 3.8) is 0 Å². The summed E-state index contributed by atoms with van der Waals surface area (Å²) in [5.41, 5.74) is 3.05. The van der Waals surface area contributed by atoms with Gasteiger partial charge in [-0.15, -0.1) is 0 Å². The molecule has 1 aliphatic rings. The van der Waals surface area contributed by atoms with Crippen molar-refractivity contribution < 1.29 is 14.3 Å². The fourth-order valence-corrected chi connectivity index (χ4v) is 3.61. The number of hydrogen-bond donors (Lipinski definition) is 1. The molecule has 2 aromatic rings. The summed E-state index contributed by atoms with van der Waals surface area (Å²) in [7, 11) is 3.52. The van der Waals surface area contributed by atoms with Crippen molar-refractivity contribution in [3.05, 3.63) is 53.1 Å². The van der Waals surface area contributed by atoms with Gasteiger partial charge in [0.2, 0.25) is 5.91 Å². The van der Waals surface area contributed by atoms with Crippen LogP contribution in [0, 0.1) is 0 Å². The van der Waals surface area contributed by atoms with Crippen molar-refractivity contribution in [2.24, 2.45) is 0 Å². The highest BCUT2D eigenvalue weighted by atomic mass is 35.5. The van der Waals surface area contributed by atoms with E-state index in [9.17, 15) is 4.79 Å². The number of carbonyl (C=O) groups excluding carboxylic acids is 1. The van der Waals surface area contributed by atoms with Crippen LogP contribution in [0.1, 0.15) is 12.5 Å². The minimum Gasteiger partial charge on any atom is -0.495 e. The first-order valence-corrected chi connectivity index (χ1v) is 10.1. The van der Waals surface area contributed by atoms with Crippen molar-refractivity contribution in [1.29, 1.82) is 0 Å². The molecule has 0 unspecified atom stereocenters. The molecule has 1 atom stereocenters. The Morgan fingerprint density at radius 1 is 1.28 bits per heavy atom. The number of anilines is 2. The van der Waals surface area contributed by atoms with Crippen LogP contribution in [-0.2, 0) is 16.1 Å². The molecule has 0 radical (unpaired) electrons. The molecule has 0 spiro atoms. The second-order valence-corrected chi connectivity index (χ2v) is 7.56. The number of nitrogens with one attached hydrogen (secondary N) is 1. The van der Waals surface area contributed by atoms with Gasteiger partial charge in [-0.3, -0.25) is 9.69 Å². The van der Waals surface area contributed by atoms with Crippen LogP contribution in [0.3, 0.4) is 0 Å². The van der Waals surface area contributed by atoms with E-state index < -0.39 is 0 Å². The number of para-hydroxylation sites is 1.